The Morgan fingerprint density at radius 1 is 0.875 bits per heavy atom. The van der Waals surface area contributed by atoms with Crippen LogP contribution in [0.1, 0.15) is 53.6 Å². The average Bonchev–Trinajstić information content (AvgIpc) is 3.54. The lowest BCUT2D eigenvalue weighted by atomic mass is 9.92. The Hall–Kier alpha value is -5.47. The van der Waals surface area contributed by atoms with E-state index in [9.17, 15) is 24.3 Å². The number of piperazine rings is 1. The predicted molar refractivity (Wildman–Crippen MR) is 211 cm³/mol. The summed E-state index contributed by atoms with van der Waals surface area (Å²) in [6, 6.07) is 10.9. The number of carbonyl (C=O) groups excluding carboxylic acids is 3. The quantitative estimate of drug-likeness (QED) is 0.229. The number of pyridine rings is 2. The molecule has 4 aliphatic rings. The van der Waals surface area contributed by atoms with Crippen LogP contribution in [0.15, 0.2) is 53.6 Å². The first-order valence-corrected chi connectivity index (χ1v) is 19.5. The van der Waals surface area contributed by atoms with Gasteiger partial charge in [-0.25, -0.2) is 4.98 Å². The number of ether oxygens (including phenoxy) is 2. The van der Waals surface area contributed by atoms with Crippen LogP contribution in [-0.4, -0.2) is 113 Å². The van der Waals surface area contributed by atoms with Crippen LogP contribution >= 0.6 is 0 Å². The number of rotatable bonds is 10. The minimum absolute atomic E-state index is 0.133. The SMILES string of the molecule is COc1cc2c(-c3cc(O)c(CN4CCN(CCC5CCN(c6ccc7c(c6)C(=O)N(C6CCC(=O)NC6=O)C7)CC5)CC4)c(OC)c3)cn(C)c(=O)c2cn1. The molecule has 0 radical (unpaired) electrons. The topological polar surface area (TPSA) is 150 Å². The van der Waals surface area contributed by atoms with E-state index in [2.05, 4.69) is 31.1 Å². The summed E-state index contributed by atoms with van der Waals surface area (Å²) >= 11 is 0. The van der Waals surface area contributed by atoms with Crippen LogP contribution < -0.4 is 25.2 Å². The largest absolute Gasteiger partial charge is 0.507 e. The number of hydrogen-bond donors (Lipinski definition) is 2. The van der Waals surface area contributed by atoms with E-state index in [4.69, 9.17) is 9.47 Å². The maximum Gasteiger partial charge on any atom is 0.259 e. The number of phenols is 1. The fraction of sp³-hybridized carbons (Fsp3) is 0.452. The molecule has 0 aliphatic carbocycles. The van der Waals surface area contributed by atoms with Gasteiger partial charge in [0.25, 0.3) is 11.5 Å². The molecule has 2 N–H and O–H groups in total. The van der Waals surface area contributed by atoms with E-state index >= 15 is 0 Å². The van der Waals surface area contributed by atoms with Crippen LogP contribution in [-0.2, 0) is 29.7 Å². The number of amides is 3. The number of imide groups is 1. The highest BCUT2D eigenvalue weighted by Gasteiger charge is 2.39. The Balaban J connectivity index is 0.827. The number of anilines is 1. The maximum atomic E-state index is 13.3. The lowest BCUT2D eigenvalue weighted by Crippen LogP contribution is -2.52. The molecule has 3 fully saturated rings. The third kappa shape index (κ3) is 7.30. The monoisotopic (exact) mass is 763 g/mol. The molecule has 1 unspecified atom stereocenters. The lowest BCUT2D eigenvalue weighted by molar-refractivity contribution is -0.136. The summed E-state index contributed by atoms with van der Waals surface area (Å²) in [6.07, 6.45) is 7.25. The molecule has 4 aliphatic heterocycles. The van der Waals surface area contributed by atoms with Crippen LogP contribution in [0.2, 0.25) is 0 Å². The second-order valence-electron chi connectivity index (χ2n) is 15.5. The van der Waals surface area contributed by atoms with Crippen molar-refractivity contribution < 1.29 is 29.0 Å². The number of phenolic OH excluding ortho intramolecular Hbond substituents is 1. The molecule has 1 atom stereocenters. The summed E-state index contributed by atoms with van der Waals surface area (Å²) in [5.41, 5.74) is 4.71. The Bertz CT molecular complexity index is 2240. The number of fused-ring (bicyclic) bond motifs is 2. The number of carbonyl (C=O) groups is 3. The van der Waals surface area contributed by atoms with E-state index < -0.39 is 6.04 Å². The van der Waals surface area contributed by atoms with E-state index in [0.29, 0.717) is 53.4 Å². The zero-order valence-corrected chi connectivity index (χ0v) is 32.3. The first-order chi connectivity index (χ1) is 27.1. The Labute approximate surface area is 325 Å². The molecule has 3 saturated heterocycles. The van der Waals surface area contributed by atoms with Gasteiger partial charge in [0.05, 0.1) is 19.6 Å². The van der Waals surface area contributed by atoms with Gasteiger partial charge >= 0.3 is 0 Å². The second kappa shape index (κ2) is 15.6. The van der Waals surface area contributed by atoms with Gasteiger partial charge in [-0.15, -0.1) is 0 Å². The Kier molecular flexibility index (Phi) is 10.4. The Morgan fingerprint density at radius 2 is 1.64 bits per heavy atom. The molecule has 0 spiro atoms. The third-order valence-corrected chi connectivity index (χ3v) is 12.2. The first-order valence-electron chi connectivity index (χ1n) is 19.5. The van der Waals surface area contributed by atoms with Gasteiger partial charge in [-0.2, -0.15) is 0 Å². The van der Waals surface area contributed by atoms with Crippen LogP contribution in [0.3, 0.4) is 0 Å². The number of benzene rings is 2. The van der Waals surface area contributed by atoms with E-state index in [0.717, 1.165) is 93.0 Å². The smallest absolute Gasteiger partial charge is 0.259 e. The Morgan fingerprint density at radius 3 is 2.38 bits per heavy atom. The van der Waals surface area contributed by atoms with Crippen molar-refractivity contribution in [2.75, 3.05) is 64.9 Å². The molecule has 14 nitrogen and oxygen atoms in total. The number of aryl methyl sites for hydroxylation is 1. The van der Waals surface area contributed by atoms with Gasteiger partial charge in [0.2, 0.25) is 17.7 Å². The molecule has 2 aromatic carbocycles. The normalized spacial score (nSPS) is 19.8. The van der Waals surface area contributed by atoms with Crippen molar-refractivity contribution in [3.05, 3.63) is 75.8 Å². The highest BCUT2D eigenvalue weighted by Crippen LogP contribution is 2.38. The summed E-state index contributed by atoms with van der Waals surface area (Å²) in [4.78, 5) is 63.3. The molecule has 8 rings (SSSR count). The molecular weight excluding hydrogens is 715 g/mol. The van der Waals surface area contributed by atoms with Crippen molar-refractivity contribution in [1.82, 2.24) is 29.6 Å². The minimum Gasteiger partial charge on any atom is -0.507 e. The van der Waals surface area contributed by atoms with E-state index in [1.54, 1.807) is 37.4 Å². The number of aromatic hydroxyl groups is 1. The first kappa shape index (κ1) is 37.5. The zero-order chi connectivity index (χ0) is 39.1. The van der Waals surface area contributed by atoms with Crippen LogP contribution in [0.4, 0.5) is 5.69 Å². The maximum absolute atomic E-state index is 13.3. The number of nitrogens with zero attached hydrogens (tertiary/aromatic N) is 6. The van der Waals surface area contributed by atoms with Gasteiger partial charge in [0.1, 0.15) is 17.5 Å². The molecule has 0 bridgehead atoms. The standard InChI is InChI=1S/C42H49N7O7/c1-45-24-33(31-21-39(56-3)43-22-32(31)41(45)53)28-18-36(50)34(37(19-28)55-2)25-47-16-14-46(15-17-47)11-8-26-9-12-48(13-10-26)29-5-4-27-23-49(42(54)30(27)20-29)35-6-7-38(51)44-40(35)52/h4-5,18-22,24,26,35,50H,6-17,23,25H2,1-3H3,(H,44,51,52). The molecule has 14 heteroatoms. The van der Waals surface area contributed by atoms with Gasteiger partial charge in [-0.05, 0) is 73.5 Å². The van der Waals surface area contributed by atoms with Gasteiger partial charge in [-0.3, -0.25) is 29.4 Å². The fourth-order valence-electron chi connectivity index (χ4n) is 8.79. The van der Waals surface area contributed by atoms with Crippen LogP contribution in [0.25, 0.3) is 21.9 Å². The fourth-order valence-corrected chi connectivity index (χ4v) is 8.79. The van der Waals surface area contributed by atoms with Gasteiger partial charge in [0, 0.05) is 112 Å². The third-order valence-electron chi connectivity index (χ3n) is 12.2. The van der Waals surface area contributed by atoms with Crippen molar-refractivity contribution in [1.29, 1.82) is 0 Å². The molecule has 2 aromatic heterocycles. The number of nitrogens with one attached hydrogen (secondary N) is 1. The number of hydrogen-bond acceptors (Lipinski definition) is 11. The molecule has 6 heterocycles. The second-order valence-corrected chi connectivity index (χ2v) is 15.5. The van der Waals surface area contributed by atoms with Crippen molar-refractivity contribution in [2.45, 2.75) is 51.2 Å². The summed E-state index contributed by atoms with van der Waals surface area (Å²) in [5, 5.41) is 14.9. The molecule has 4 aromatic rings. The van der Waals surface area contributed by atoms with Gasteiger partial charge < -0.3 is 33.8 Å². The lowest BCUT2D eigenvalue weighted by Gasteiger charge is -2.37. The summed E-state index contributed by atoms with van der Waals surface area (Å²) < 4.78 is 12.7. The number of aromatic nitrogens is 2. The van der Waals surface area contributed by atoms with Crippen LogP contribution in [0.5, 0.6) is 17.4 Å². The van der Waals surface area contributed by atoms with Crippen molar-refractivity contribution in [2.24, 2.45) is 13.0 Å². The minimum atomic E-state index is -0.601. The van der Waals surface area contributed by atoms with E-state index in [1.165, 1.54) is 17.9 Å². The zero-order valence-electron chi connectivity index (χ0n) is 32.3. The van der Waals surface area contributed by atoms with E-state index in [-0.39, 0.29) is 35.5 Å². The predicted octanol–water partition coefficient (Wildman–Crippen LogP) is 3.51. The van der Waals surface area contributed by atoms with Crippen LogP contribution in [0, 0.1) is 5.92 Å². The van der Waals surface area contributed by atoms with Crippen molar-refractivity contribution in [3.63, 3.8) is 0 Å². The molecule has 3 amide bonds. The van der Waals surface area contributed by atoms with E-state index in [1.807, 2.05) is 18.2 Å². The summed E-state index contributed by atoms with van der Waals surface area (Å²) in [5.74, 6) is 0.992. The summed E-state index contributed by atoms with van der Waals surface area (Å²) in [6.45, 7) is 7.59. The summed E-state index contributed by atoms with van der Waals surface area (Å²) in [7, 11) is 4.85. The van der Waals surface area contributed by atoms with Gasteiger partial charge in [0.15, 0.2) is 0 Å². The highest BCUT2D eigenvalue weighted by molar-refractivity contribution is 6.05. The average molecular weight is 764 g/mol. The molecule has 294 valence electrons. The van der Waals surface area contributed by atoms with Gasteiger partial charge in [-0.1, -0.05) is 6.07 Å². The number of methoxy groups -OCH3 is 2. The molecule has 56 heavy (non-hydrogen) atoms. The van der Waals surface area contributed by atoms with Crippen molar-refractivity contribution >= 4 is 34.2 Å². The van der Waals surface area contributed by atoms with Crippen molar-refractivity contribution in [3.8, 4) is 28.5 Å². The number of piperidine rings is 2. The molecule has 0 saturated carbocycles. The highest BCUT2D eigenvalue weighted by atomic mass is 16.5. The molecular formula is C42H49N7O7.